The van der Waals surface area contributed by atoms with Crippen LogP contribution < -0.4 is 13.8 Å². The average molecular weight is 536 g/mol. The monoisotopic (exact) mass is 535 g/mol. The number of benzene rings is 3. The molecular formula is C24H20F3N3O4S2. The molecule has 0 unspecified atom stereocenters. The molecule has 0 aliphatic carbocycles. The van der Waals surface area contributed by atoms with Gasteiger partial charge in [-0.3, -0.25) is 0 Å². The molecule has 0 fully saturated rings. The molecule has 0 radical (unpaired) electrons. The Morgan fingerprint density at radius 2 is 1.64 bits per heavy atom. The lowest BCUT2D eigenvalue weighted by Gasteiger charge is -2.23. The van der Waals surface area contributed by atoms with Crippen LogP contribution >= 0.6 is 11.5 Å². The lowest BCUT2D eigenvalue weighted by Crippen LogP contribution is -2.31. The number of sulfonamides is 1. The highest BCUT2D eigenvalue weighted by atomic mass is 32.2. The second-order valence-corrected chi connectivity index (χ2v) is 10.1. The van der Waals surface area contributed by atoms with Gasteiger partial charge in [-0.2, -0.15) is 4.37 Å². The van der Waals surface area contributed by atoms with Crippen molar-refractivity contribution in [3.05, 3.63) is 95.1 Å². The molecule has 4 aromatic rings. The maximum Gasteiger partial charge on any atom is 0.269 e. The highest BCUT2D eigenvalue weighted by molar-refractivity contribution is 7.93. The van der Waals surface area contributed by atoms with E-state index in [1.54, 1.807) is 18.2 Å². The number of hydrogen-bond donors (Lipinski definition) is 0. The molecule has 7 nitrogen and oxygen atoms in total. The van der Waals surface area contributed by atoms with E-state index >= 15 is 0 Å². The summed E-state index contributed by atoms with van der Waals surface area (Å²) < 4.78 is 84.8. The van der Waals surface area contributed by atoms with Gasteiger partial charge in [-0.15, -0.1) is 0 Å². The highest BCUT2D eigenvalue weighted by Gasteiger charge is 2.33. The van der Waals surface area contributed by atoms with Gasteiger partial charge in [0.15, 0.2) is 11.6 Å². The Bertz CT molecular complexity index is 1480. The number of methoxy groups -OCH3 is 2. The Balaban J connectivity index is 1.79. The second kappa shape index (κ2) is 10.5. The zero-order chi connectivity index (χ0) is 25.9. The SMILES string of the molecule is COc1ccc(CN(c2nc(Cc3ccccc3)ns2)S(=O)(=O)c2cc(F)c(F)cc2F)c(OC)c1. The maximum absolute atomic E-state index is 14.6. The first-order valence-electron chi connectivity index (χ1n) is 10.5. The topological polar surface area (TPSA) is 81.6 Å². The van der Waals surface area contributed by atoms with Gasteiger partial charge < -0.3 is 9.47 Å². The molecule has 0 N–H and O–H groups in total. The van der Waals surface area contributed by atoms with E-state index in [0.29, 0.717) is 35.4 Å². The smallest absolute Gasteiger partial charge is 0.269 e. The van der Waals surface area contributed by atoms with Gasteiger partial charge in [-0.1, -0.05) is 30.3 Å². The summed E-state index contributed by atoms with van der Waals surface area (Å²) in [5.74, 6) is -3.33. The molecule has 36 heavy (non-hydrogen) atoms. The molecule has 0 bridgehead atoms. The fourth-order valence-electron chi connectivity index (χ4n) is 3.41. The van der Waals surface area contributed by atoms with Crippen LogP contribution in [0.1, 0.15) is 17.0 Å². The standard InChI is InChI=1S/C24H20F3N3O4S2/c1-33-17-9-8-16(21(11-17)34-2)14-30(36(31,32)22-13-19(26)18(25)12-20(22)27)24-28-23(29-35-24)10-15-6-4-3-5-7-15/h3-9,11-13H,10,14H2,1-2H3. The fraction of sp³-hybridized carbons (Fsp3) is 0.167. The van der Waals surface area contributed by atoms with Crippen molar-refractivity contribution in [1.82, 2.24) is 9.36 Å². The maximum atomic E-state index is 14.6. The van der Waals surface area contributed by atoms with Gasteiger partial charge in [0.25, 0.3) is 10.0 Å². The summed E-state index contributed by atoms with van der Waals surface area (Å²) in [6, 6.07) is 14.5. The van der Waals surface area contributed by atoms with Crippen molar-refractivity contribution in [1.29, 1.82) is 0 Å². The van der Waals surface area contributed by atoms with E-state index < -0.39 is 32.4 Å². The van der Waals surface area contributed by atoms with Crippen LogP contribution in [0.25, 0.3) is 0 Å². The average Bonchev–Trinajstić information content (AvgIpc) is 3.32. The molecular weight excluding hydrogens is 515 g/mol. The van der Waals surface area contributed by atoms with E-state index in [4.69, 9.17) is 9.47 Å². The predicted molar refractivity (Wildman–Crippen MR) is 128 cm³/mol. The Morgan fingerprint density at radius 3 is 2.33 bits per heavy atom. The Labute approximate surface area is 210 Å². The first kappa shape index (κ1) is 25.5. The van der Waals surface area contributed by atoms with E-state index in [2.05, 4.69) is 9.36 Å². The van der Waals surface area contributed by atoms with Gasteiger partial charge >= 0.3 is 0 Å². The van der Waals surface area contributed by atoms with Crippen LogP contribution in [0.15, 0.2) is 65.6 Å². The number of halogens is 3. The molecule has 3 aromatic carbocycles. The molecule has 188 valence electrons. The Hall–Kier alpha value is -3.64. The van der Waals surface area contributed by atoms with Crippen molar-refractivity contribution in [3.63, 3.8) is 0 Å². The van der Waals surface area contributed by atoms with Crippen LogP contribution in [0.5, 0.6) is 11.5 Å². The number of rotatable bonds is 9. The summed E-state index contributed by atoms with van der Waals surface area (Å²) in [6.45, 7) is -0.353. The van der Waals surface area contributed by atoms with Crippen LogP contribution in [0, 0.1) is 17.5 Å². The van der Waals surface area contributed by atoms with Gasteiger partial charge in [-0.25, -0.2) is 30.9 Å². The third-order valence-corrected chi connectivity index (χ3v) is 7.87. The fourth-order valence-corrected chi connectivity index (χ4v) is 5.75. The minimum atomic E-state index is -4.75. The molecule has 0 atom stereocenters. The number of ether oxygens (including phenoxy) is 2. The Kier molecular flexibility index (Phi) is 7.45. The summed E-state index contributed by atoms with van der Waals surface area (Å²) in [7, 11) is -1.89. The van der Waals surface area contributed by atoms with Crippen molar-refractivity contribution in [2.24, 2.45) is 0 Å². The van der Waals surface area contributed by atoms with Crippen molar-refractivity contribution in [2.45, 2.75) is 17.9 Å². The molecule has 0 amide bonds. The molecule has 1 heterocycles. The second-order valence-electron chi connectivity index (χ2n) is 7.54. The van der Waals surface area contributed by atoms with Crippen molar-refractivity contribution in [2.75, 3.05) is 18.5 Å². The van der Waals surface area contributed by atoms with Gasteiger partial charge in [0.1, 0.15) is 28.0 Å². The van der Waals surface area contributed by atoms with E-state index in [-0.39, 0.29) is 17.7 Å². The summed E-state index contributed by atoms with van der Waals surface area (Å²) >= 11 is 0.782. The number of hydrogen-bond acceptors (Lipinski definition) is 7. The van der Waals surface area contributed by atoms with Crippen LogP contribution in [-0.4, -0.2) is 32.0 Å². The molecule has 0 aliphatic rings. The van der Waals surface area contributed by atoms with Crippen molar-refractivity contribution in [3.8, 4) is 11.5 Å². The zero-order valence-corrected chi connectivity index (χ0v) is 20.7. The van der Waals surface area contributed by atoms with Gasteiger partial charge in [0.2, 0.25) is 5.13 Å². The first-order chi connectivity index (χ1) is 17.2. The molecule has 0 aliphatic heterocycles. The van der Waals surface area contributed by atoms with Gasteiger partial charge in [0, 0.05) is 41.7 Å². The van der Waals surface area contributed by atoms with Gasteiger partial charge in [0.05, 0.1) is 20.8 Å². The van der Waals surface area contributed by atoms with Gasteiger partial charge in [-0.05, 0) is 17.7 Å². The Morgan fingerprint density at radius 1 is 0.917 bits per heavy atom. The largest absolute Gasteiger partial charge is 0.497 e. The van der Waals surface area contributed by atoms with Crippen LogP contribution in [0.3, 0.4) is 0 Å². The number of aromatic nitrogens is 2. The molecule has 0 saturated carbocycles. The number of anilines is 1. The van der Waals surface area contributed by atoms with Crippen LogP contribution in [0.4, 0.5) is 18.3 Å². The normalized spacial score (nSPS) is 11.4. The molecule has 0 saturated heterocycles. The first-order valence-corrected chi connectivity index (χ1v) is 12.7. The van der Waals surface area contributed by atoms with Crippen LogP contribution in [-0.2, 0) is 23.0 Å². The third kappa shape index (κ3) is 5.29. The van der Waals surface area contributed by atoms with Crippen molar-refractivity contribution >= 4 is 26.7 Å². The minimum absolute atomic E-state index is 0.0806. The lowest BCUT2D eigenvalue weighted by atomic mass is 10.1. The summed E-state index contributed by atoms with van der Waals surface area (Å²) in [5, 5.41) is -0.0806. The molecule has 1 aromatic heterocycles. The number of nitrogens with zero attached hydrogens (tertiary/aromatic N) is 3. The van der Waals surface area contributed by atoms with E-state index in [9.17, 15) is 21.6 Å². The highest BCUT2D eigenvalue weighted by Crippen LogP contribution is 2.33. The van der Waals surface area contributed by atoms with E-state index in [1.807, 2.05) is 30.3 Å². The van der Waals surface area contributed by atoms with Crippen LogP contribution in [0.2, 0.25) is 0 Å². The summed E-state index contributed by atoms with van der Waals surface area (Å²) in [4.78, 5) is 3.32. The molecule has 12 heteroatoms. The lowest BCUT2D eigenvalue weighted by molar-refractivity contribution is 0.391. The predicted octanol–water partition coefficient (Wildman–Crippen LogP) is 4.96. The van der Waals surface area contributed by atoms with E-state index in [1.165, 1.54) is 14.2 Å². The quantitative estimate of drug-likeness (QED) is 0.282. The zero-order valence-electron chi connectivity index (χ0n) is 19.1. The summed E-state index contributed by atoms with van der Waals surface area (Å²) in [5.41, 5.74) is 1.30. The van der Waals surface area contributed by atoms with Crippen molar-refractivity contribution < 1.29 is 31.1 Å². The molecule has 0 spiro atoms. The van der Waals surface area contributed by atoms with E-state index in [0.717, 1.165) is 21.4 Å². The molecule has 4 rings (SSSR count). The summed E-state index contributed by atoms with van der Waals surface area (Å²) in [6.07, 6.45) is 0.330. The third-order valence-electron chi connectivity index (χ3n) is 5.23. The minimum Gasteiger partial charge on any atom is -0.497 e.